The summed E-state index contributed by atoms with van der Waals surface area (Å²) >= 11 is 0. The Morgan fingerprint density at radius 3 is 2.93 bits per heavy atom. The van der Waals surface area contributed by atoms with E-state index in [1.54, 1.807) is 12.1 Å². The van der Waals surface area contributed by atoms with Crippen molar-refractivity contribution in [2.45, 2.75) is 31.6 Å². The molecule has 80 valence electrons. The van der Waals surface area contributed by atoms with Gasteiger partial charge in [-0.3, -0.25) is 0 Å². The lowest BCUT2D eigenvalue weighted by molar-refractivity contribution is -0.112. The molecule has 1 saturated carbocycles. The summed E-state index contributed by atoms with van der Waals surface area (Å²) in [6.45, 7) is 0. The van der Waals surface area contributed by atoms with Crippen molar-refractivity contribution in [3.63, 3.8) is 0 Å². The molecule has 1 aromatic carbocycles. The molecule has 1 aliphatic carbocycles. The zero-order valence-electron chi connectivity index (χ0n) is 8.66. The Bertz CT molecular complexity index is 348. The third kappa shape index (κ3) is 2.44. The van der Waals surface area contributed by atoms with Gasteiger partial charge in [0.2, 0.25) is 0 Å². The highest BCUT2D eigenvalue weighted by Crippen LogP contribution is 2.35. The van der Waals surface area contributed by atoms with Crippen molar-refractivity contribution >= 4 is 6.29 Å². The second-order valence-corrected chi connectivity index (χ2v) is 4.31. The van der Waals surface area contributed by atoms with E-state index in [4.69, 9.17) is 0 Å². The van der Waals surface area contributed by atoms with Crippen LogP contribution in [0.15, 0.2) is 24.3 Å². The highest BCUT2D eigenvalue weighted by molar-refractivity contribution is 5.54. The van der Waals surface area contributed by atoms with Crippen LogP contribution in [0.5, 0.6) is 0 Å². The van der Waals surface area contributed by atoms with E-state index in [1.807, 2.05) is 6.07 Å². The maximum Gasteiger partial charge on any atom is 0.123 e. The van der Waals surface area contributed by atoms with Gasteiger partial charge in [-0.2, -0.15) is 0 Å². The zero-order chi connectivity index (χ0) is 10.7. The SMILES string of the molecule is O=CC1CCCC(c2cccc(F)c2)C1. The fraction of sp³-hybridized carbons (Fsp3) is 0.462. The van der Waals surface area contributed by atoms with E-state index < -0.39 is 0 Å². The predicted molar refractivity (Wildman–Crippen MR) is 57.2 cm³/mol. The van der Waals surface area contributed by atoms with Gasteiger partial charge >= 0.3 is 0 Å². The summed E-state index contributed by atoms with van der Waals surface area (Å²) in [4.78, 5) is 10.7. The summed E-state index contributed by atoms with van der Waals surface area (Å²) in [7, 11) is 0. The van der Waals surface area contributed by atoms with E-state index in [0.717, 1.165) is 37.5 Å². The maximum absolute atomic E-state index is 13.0. The van der Waals surface area contributed by atoms with E-state index in [1.165, 1.54) is 6.07 Å². The average molecular weight is 206 g/mol. The van der Waals surface area contributed by atoms with E-state index in [-0.39, 0.29) is 11.7 Å². The number of carbonyl (C=O) groups excluding carboxylic acids is 1. The van der Waals surface area contributed by atoms with Crippen molar-refractivity contribution in [3.05, 3.63) is 35.6 Å². The van der Waals surface area contributed by atoms with Crippen molar-refractivity contribution in [3.8, 4) is 0 Å². The van der Waals surface area contributed by atoms with Gasteiger partial charge in [-0.15, -0.1) is 0 Å². The van der Waals surface area contributed by atoms with Crippen LogP contribution in [-0.2, 0) is 4.79 Å². The Kier molecular flexibility index (Phi) is 3.14. The molecule has 2 rings (SSSR count). The largest absolute Gasteiger partial charge is 0.303 e. The fourth-order valence-corrected chi connectivity index (χ4v) is 2.41. The summed E-state index contributed by atoms with van der Waals surface area (Å²) in [6.07, 6.45) is 5.08. The molecule has 0 aromatic heterocycles. The van der Waals surface area contributed by atoms with Gasteiger partial charge in [-0.25, -0.2) is 4.39 Å². The molecule has 2 unspecified atom stereocenters. The number of aldehydes is 1. The molecule has 1 aliphatic rings. The van der Waals surface area contributed by atoms with Gasteiger partial charge < -0.3 is 4.79 Å². The van der Waals surface area contributed by atoms with Crippen molar-refractivity contribution in [1.82, 2.24) is 0 Å². The molecular weight excluding hydrogens is 191 g/mol. The minimum absolute atomic E-state index is 0.173. The quantitative estimate of drug-likeness (QED) is 0.678. The van der Waals surface area contributed by atoms with Gasteiger partial charge in [0.1, 0.15) is 12.1 Å². The van der Waals surface area contributed by atoms with Crippen LogP contribution in [0.2, 0.25) is 0 Å². The summed E-state index contributed by atoms with van der Waals surface area (Å²) in [5, 5.41) is 0. The Balaban J connectivity index is 2.13. The molecule has 1 aromatic rings. The summed E-state index contributed by atoms with van der Waals surface area (Å²) in [6, 6.07) is 6.76. The molecule has 0 bridgehead atoms. The lowest BCUT2D eigenvalue weighted by Gasteiger charge is -2.26. The standard InChI is InChI=1S/C13H15FO/c14-13-6-2-5-12(8-13)11-4-1-3-10(7-11)9-15/h2,5-6,8-11H,1,3-4,7H2. The molecule has 0 aliphatic heterocycles. The highest BCUT2D eigenvalue weighted by atomic mass is 19.1. The van der Waals surface area contributed by atoms with Crippen molar-refractivity contribution in [2.75, 3.05) is 0 Å². The molecule has 0 spiro atoms. The Hall–Kier alpha value is -1.18. The smallest absolute Gasteiger partial charge is 0.123 e. The van der Waals surface area contributed by atoms with E-state index >= 15 is 0 Å². The Labute approximate surface area is 89.3 Å². The first-order valence-corrected chi connectivity index (χ1v) is 5.50. The van der Waals surface area contributed by atoms with Crippen molar-refractivity contribution < 1.29 is 9.18 Å². The number of halogens is 1. The molecule has 2 heteroatoms. The summed E-state index contributed by atoms with van der Waals surface area (Å²) in [5.74, 6) is 0.359. The first kappa shape index (κ1) is 10.3. The number of hydrogen-bond acceptors (Lipinski definition) is 1. The van der Waals surface area contributed by atoms with Gasteiger partial charge in [-0.05, 0) is 42.9 Å². The minimum atomic E-state index is -0.180. The molecule has 0 radical (unpaired) electrons. The molecular formula is C13H15FO. The molecule has 0 amide bonds. The normalized spacial score (nSPS) is 26.2. The van der Waals surface area contributed by atoms with Crippen LogP contribution in [0.3, 0.4) is 0 Å². The number of rotatable bonds is 2. The Morgan fingerprint density at radius 1 is 1.33 bits per heavy atom. The number of hydrogen-bond donors (Lipinski definition) is 0. The first-order chi connectivity index (χ1) is 7.29. The number of benzene rings is 1. The topological polar surface area (TPSA) is 17.1 Å². The van der Waals surface area contributed by atoms with Crippen molar-refractivity contribution in [1.29, 1.82) is 0 Å². The van der Waals surface area contributed by atoms with Gasteiger partial charge in [0.15, 0.2) is 0 Å². The Morgan fingerprint density at radius 2 is 2.20 bits per heavy atom. The molecule has 0 N–H and O–H groups in total. The third-order valence-corrected chi connectivity index (χ3v) is 3.23. The average Bonchev–Trinajstić information content (AvgIpc) is 2.29. The molecule has 15 heavy (non-hydrogen) atoms. The molecule has 2 atom stereocenters. The van der Waals surface area contributed by atoms with E-state index in [9.17, 15) is 9.18 Å². The van der Waals surface area contributed by atoms with E-state index in [2.05, 4.69) is 0 Å². The molecule has 1 nitrogen and oxygen atoms in total. The monoisotopic (exact) mass is 206 g/mol. The lowest BCUT2D eigenvalue weighted by atomic mass is 9.78. The second-order valence-electron chi connectivity index (χ2n) is 4.31. The highest BCUT2D eigenvalue weighted by Gasteiger charge is 2.22. The lowest BCUT2D eigenvalue weighted by Crippen LogP contribution is -2.15. The van der Waals surface area contributed by atoms with Gasteiger partial charge in [0.25, 0.3) is 0 Å². The van der Waals surface area contributed by atoms with Crippen LogP contribution in [-0.4, -0.2) is 6.29 Å². The van der Waals surface area contributed by atoms with Gasteiger partial charge in [0, 0.05) is 5.92 Å². The van der Waals surface area contributed by atoms with Gasteiger partial charge in [-0.1, -0.05) is 18.6 Å². The second kappa shape index (κ2) is 4.56. The molecule has 1 fully saturated rings. The maximum atomic E-state index is 13.0. The number of carbonyl (C=O) groups is 1. The van der Waals surface area contributed by atoms with E-state index in [0.29, 0.717) is 5.92 Å². The van der Waals surface area contributed by atoms with Crippen LogP contribution in [0, 0.1) is 11.7 Å². The molecule has 0 saturated heterocycles. The third-order valence-electron chi connectivity index (χ3n) is 3.23. The zero-order valence-corrected chi connectivity index (χ0v) is 8.66. The van der Waals surface area contributed by atoms with Gasteiger partial charge in [0.05, 0.1) is 0 Å². The minimum Gasteiger partial charge on any atom is -0.303 e. The van der Waals surface area contributed by atoms with Crippen LogP contribution >= 0.6 is 0 Å². The first-order valence-electron chi connectivity index (χ1n) is 5.50. The van der Waals surface area contributed by atoms with Crippen LogP contribution in [0.1, 0.15) is 37.2 Å². The summed E-state index contributed by atoms with van der Waals surface area (Å²) in [5.41, 5.74) is 1.04. The predicted octanol–water partition coefficient (Wildman–Crippen LogP) is 3.30. The van der Waals surface area contributed by atoms with Crippen LogP contribution in [0.25, 0.3) is 0 Å². The van der Waals surface area contributed by atoms with Crippen molar-refractivity contribution in [2.24, 2.45) is 5.92 Å². The van der Waals surface area contributed by atoms with Crippen LogP contribution in [0.4, 0.5) is 4.39 Å². The van der Waals surface area contributed by atoms with Crippen LogP contribution < -0.4 is 0 Å². The molecule has 0 heterocycles. The summed E-state index contributed by atoms with van der Waals surface area (Å²) < 4.78 is 13.0. The fourth-order valence-electron chi connectivity index (χ4n) is 2.41.